The fourth-order valence-electron chi connectivity index (χ4n) is 2.32. The van der Waals surface area contributed by atoms with Crippen LogP contribution in [-0.2, 0) is 12.4 Å². The Hall–Kier alpha value is -0.800. The van der Waals surface area contributed by atoms with Crippen molar-refractivity contribution in [2.75, 3.05) is 0 Å². The van der Waals surface area contributed by atoms with Gasteiger partial charge in [-0.3, -0.25) is 0 Å². The number of halogens is 8. The molecule has 0 aliphatic carbocycles. The van der Waals surface area contributed by atoms with Gasteiger partial charge in [0.15, 0.2) is 0 Å². The number of hydrogen-bond acceptors (Lipinski definition) is 1. The van der Waals surface area contributed by atoms with E-state index in [0.717, 1.165) is 17.4 Å². The second kappa shape index (κ2) is 5.35. The Morgan fingerprint density at radius 2 is 1.43 bits per heavy atom. The number of fused-ring (bicyclic) bond motifs is 3. The minimum Gasteiger partial charge on any atom is -0.166 e. The zero-order chi connectivity index (χ0) is 17.2. The van der Waals surface area contributed by atoms with Gasteiger partial charge in [0.1, 0.15) is 0 Å². The van der Waals surface area contributed by atoms with E-state index in [2.05, 4.69) is 31.9 Å². The van der Waals surface area contributed by atoms with Crippen LogP contribution in [0, 0.1) is 0 Å². The molecule has 0 amide bonds. The third-order valence-electron chi connectivity index (χ3n) is 3.27. The maximum Gasteiger partial charge on any atom is 0.418 e. The van der Waals surface area contributed by atoms with E-state index in [0.29, 0.717) is 4.70 Å². The molecule has 0 spiro atoms. The zero-order valence-electron chi connectivity index (χ0n) is 10.7. The van der Waals surface area contributed by atoms with Gasteiger partial charge in [-0.1, -0.05) is 37.9 Å². The van der Waals surface area contributed by atoms with Gasteiger partial charge in [0, 0.05) is 29.1 Å². The second-order valence-corrected chi connectivity index (χ2v) is 7.49. The average Bonchev–Trinajstić information content (AvgIpc) is 2.71. The summed E-state index contributed by atoms with van der Waals surface area (Å²) < 4.78 is 78.7. The highest BCUT2D eigenvalue weighted by Gasteiger charge is 2.37. The summed E-state index contributed by atoms with van der Waals surface area (Å²) in [5.41, 5.74) is -1.79. The van der Waals surface area contributed by atoms with Crippen LogP contribution < -0.4 is 0 Å². The van der Waals surface area contributed by atoms with Crippen molar-refractivity contribution in [3.8, 4) is 0 Å². The first-order chi connectivity index (χ1) is 10.5. The van der Waals surface area contributed by atoms with E-state index in [1.807, 2.05) is 0 Å². The highest BCUT2D eigenvalue weighted by atomic mass is 79.9. The summed E-state index contributed by atoms with van der Waals surface area (Å²) in [4.78, 5) is 0. The van der Waals surface area contributed by atoms with Gasteiger partial charge in [-0.15, -0.1) is 11.3 Å². The Morgan fingerprint density at radius 3 is 2.00 bits per heavy atom. The molecular formula is C14H4Br2F6S. The van der Waals surface area contributed by atoms with Gasteiger partial charge in [-0.2, -0.15) is 26.3 Å². The maximum atomic E-state index is 13.2. The van der Waals surface area contributed by atoms with Gasteiger partial charge < -0.3 is 0 Å². The first-order valence-electron chi connectivity index (χ1n) is 5.99. The number of alkyl halides is 6. The fourth-order valence-corrected chi connectivity index (χ4v) is 5.02. The molecule has 1 heterocycles. The van der Waals surface area contributed by atoms with Gasteiger partial charge in [0.05, 0.1) is 11.1 Å². The number of benzene rings is 2. The van der Waals surface area contributed by atoms with E-state index in [-0.39, 0.29) is 24.4 Å². The molecular weight excluding hydrogens is 474 g/mol. The smallest absolute Gasteiger partial charge is 0.166 e. The topological polar surface area (TPSA) is 0 Å². The van der Waals surface area contributed by atoms with Crippen LogP contribution in [0.3, 0.4) is 0 Å². The molecule has 0 radical (unpaired) electrons. The average molecular weight is 478 g/mol. The lowest BCUT2D eigenvalue weighted by molar-refractivity contribution is -0.138. The molecule has 0 unspecified atom stereocenters. The largest absolute Gasteiger partial charge is 0.418 e. The predicted octanol–water partition coefficient (Wildman–Crippen LogP) is 7.62. The van der Waals surface area contributed by atoms with Crippen LogP contribution in [0.4, 0.5) is 26.3 Å². The Balaban J connectivity index is 2.45. The van der Waals surface area contributed by atoms with Gasteiger partial charge in [0.25, 0.3) is 0 Å². The fraction of sp³-hybridized carbons (Fsp3) is 0.143. The van der Waals surface area contributed by atoms with Crippen molar-refractivity contribution < 1.29 is 26.3 Å². The lowest BCUT2D eigenvalue weighted by atomic mass is 10.1. The molecule has 0 atom stereocenters. The molecule has 0 nitrogen and oxygen atoms in total. The molecule has 9 heteroatoms. The molecule has 3 aromatic rings. The Bertz CT molecular complexity index is 923. The van der Waals surface area contributed by atoms with Crippen LogP contribution in [0.1, 0.15) is 11.1 Å². The quantitative estimate of drug-likeness (QED) is 0.292. The van der Waals surface area contributed by atoms with Crippen molar-refractivity contribution in [2.24, 2.45) is 0 Å². The summed E-state index contributed by atoms with van der Waals surface area (Å²) in [5.74, 6) is 0. The molecule has 0 N–H and O–H groups in total. The Morgan fingerprint density at radius 1 is 0.783 bits per heavy atom. The molecule has 0 saturated carbocycles. The SMILES string of the molecule is FC(F)(F)c1cc2c(cc1Br)sc1c(C(F)(F)F)c(Br)ccc12. The van der Waals surface area contributed by atoms with E-state index < -0.39 is 23.5 Å². The highest BCUT2D eigenvalue weighted by Crippen LogP contribution is 2.47. The molecule has 23 heavy (non-hydrogen) atoms. The van der Waals surface area contributed by atoms with Gasteiger partial charge in [0.2, 0.25) is 0 Å². The standard InChI is InChI=1S/C14H4Br2F6S/c15-8-2-1-5-6-3-7(13(17,18)19)9(16)4-10(6)23-12(5)11(8)14(20,21)22/h1-4H. The van der Waals surface area contributed by atoms with Crippen LogP contribution in [-0.4, -0.2) is 0 Å². The molecule has 2 aromatic carbocycles. The van der Waals surface area contributed by atoms with E-state index in [1.54, 1.807) is 0 Å². The summed E-state index contributed by atoms with van der Waals surface area (Å²) in [5, 5.41) is 0.303. The number of hydrogen-bond donors (Lipinski definition) is 0. The molecule has 3 rings (SSSR count). The molecule has 0 fully saturated rings. The second-order valence-electron chi connectivity index (χ2n) is 4.72. The van der Waals surface area contributed by atoms with Crippen molar-refractivity contribution >= 4 is 63.4 Å². The van der Waals surface area contributed by atoms with Crippen molar-refractivity contribution in [2.45, 2.75) is 12.4 Å². The van der Waals surface area contributed by atoms with Crippen LogP contribution in [0.25, 0.3) is 20.2 Å². The third kappa shape index (κ3) is 2.87. The monoisotopic (exact) mass is 476 g/mol. The first-order valence-corrected chi connectivity index (χ1v) is 8.39. The summed E-state index contributed by atoms with van der Waals surface area (Å²) in [6.45, 7) is 0. The van der Waals surface area contributed by atoms with E-state index >= 15 is 0 Å². The summed E-state index contributed by atoms with van der Waals surface area (Å²) in [6.07, 6.45) is -9.20. The minimum absolute atomic E-state index is 0.0897. The van der Waals surface area contributed by atoms with Crippen LogP contribution in [0.5, 0.6) is 0 Å². The molecule has 1 aromatic heterocycles. The summed E-state index contributed by atoms with van der Waals surface area (Å²) in [7, 11) is 0. The minimum atomic E-state index is -4.61. The van der Waals surface area contributed by atoms with Crippen molar-refractivity contribution in [1.82, 2.24) is 0 Å². The molecule has 0 saturated heterocycles. The van der Waals surface area contributed by atoms with Crippen molar-refractivity contribution in [3.63, 3.8) is 0 Å². The number of rotatable bonds is 0. The molecule has 0 aliphatic heterocycles. The van der Waals surface area contributed by atoms with E-state index in [9.17, 15) is 26.3 Å². The zero-order valence-corrected chi connectivity index (χ0v) is 14.7. The summed E-state index contributed by atoms with van der Waals surface area (Å²) >= 11 is 6.52. The van der Waals surface area contributed by atoms with Crippen LogP contribution in [0.15, 0.2) is 33.2 Å². The van der Waals surface area contributed by atoms with Crippen molar-refractivity contribution in [1.29, 1.82) is 0 Å². The van der Waals surface area contributed by atoms with Crippen LogP contribution in [0.2, 0.25) is 0 Å². The third-order valence-corrected chi connectivity index (χ3v) is 5.77. The van der Waals surface area contributed by atoms with E-state index in [1.165, 1.54) is 18.2 Å². The Kier molecular flexibility index (Phi) is 3.97. The Labute approximate surface area is 146 Å². The summed E-state index contributed by atoms with van der Waals surface area (Å²) in [6, 6.07) is 4.68. The lowest BCUT2D eigenvalue weighted by Crippen LogP contribution is -2.06. The molecule has 0 bridgehead atoms. The van der Waals surface area contributed by atoms with Crippen molar-refractivity contribution in [3.05, 3.63) is 44.3 Å². The normalized spacial score (nSPS) is 13.2. The van der Waals surface area contributed by atoms with Gasteiger partial charge in [-0.25, -0.2) is 0 Å². The van der Waals surface area contributed by atoms with Gasteiger partial charge >= 0.3 is 12.4 Å². The highest BCUT2D eigenvalue weighted by molar-refractivity contribution is 9.10. The van der Waals surface area contributed by atoms with Gasteiger partial charge in [-0.05, 0) is 18.2 Å². The number of thiophene rings is 1. The van der Waals surface area contributed by atoms with Crippen LogP contribution >= 0.6 is 43.2 Å². The lowest BCUT2D eigenvalue weighted by Gasteiger charge is -2.10. The molecule has 122 valence electrons. The predicted molar refractivity (Wildman–Crippen MR) is 84.7 cm³/mol. The molecule has 0 aliphatic rings. The maximum absolute atomic E-state index is 13.2. The van der Waals surface area contributed by atoms with E-state index in [4.69, 9.17) is 0 Å². The first kappa shape index (κ1) is 17.0.